The molecule has 0 spiro atoms. The van der Waals surface area contributed by atoms with Gasteiger partial charge in [0, 0.05) is 7.05 Å². The summed E-state index contributed by atoms with van der Waals surface area (Å²) in [6.45, 7) is 2.24. The van der Waals surface area contributed by atoms with Gasteiger partial charge < -0.3 is 14.4 Å². The average Bonchev–Trinajstić information content (AvgIpc) is 2.90. The van der Waals surface area contributed by atoms with E-state index in [4.69, 9.17) is 14.5 Å². The topological polar surface area (TPSA) is 73.7 Å². The van der Waals surface area contributed by atoms with E-state index >= 15 is 0 Å². The summed E-state index contributed by atoms with van der Waals surface area (Å²) < 4.78 is 12.8. The van der Waals surface area contributed by atoms with Gasteiger partial charge in [0.2, 0.25) is 5.91 Å². The maximum Gasteiger partial charge on any atom is 0.266 e. The first-order valence-electron chi connectivity index (χ1n) is 11.6. The lowest BCUT2D eigenvalue weighted by atomic mass is 10.1. The Balaban J connectivity index is 1.72. The molecule has 7 nitrogen and oxygen atoms in total. The molecule has 35 heavy (non-hydrogen) atoms. The quantitative estimate of drug-likeness (QED) is 0.359. The van der Waals surface area contributed by atoms with Crippen LogP contribution < -0.4 is 10.3 Å². The Morgan fingerprint density at radius 3 is 2.43 bits per heavy atom. The van der Waals surface area contributed by atoms with E-state index in [9.17, 15) is 9.59 Å². The summed E-state index contributed by atoms with van der Waals surface area (Å²) in [6, 6.07) is 23.8. The summed E-state index contributed by atoms with van der Waals surface area (Å²) >= 11 is 0. The minimum atomic E-state index is -0.454. The molecule has 1 unspecified atom stereocenters. The van der Waals surface area contributed by atoms with Gasteiger partial charge in [-0.25, -0.2) is 4.98 Å². The van der Waals surface area contributed by atoms with E-state index in [1.54, 1.807) is 35.8 Å². The molecule has 0 N–H and O–H groups in total. The molecule has 1 aromatic heterocycles. The van der Waals surface area contributed by atoms with Crippen LogP contribution in [0.5, 0.6) is 5.75 Å². The molecule has 4 aromatic rings. The number of rotatable bonds is 9. The molecule has 0 aliphatic rings. The van der Waals surface area contributed by atoms with E-state index in [1.807, 2.05) is 73.7 Å². The van der Waals surface area contributed by atoms with Gasteiger partial charge in [-0.15, -0.1) is 0 Å². The van der Waals surface area contributed by atoms with E-state index in [2.05, 4.69) is 0 Å². The lowest BCUT2D eigenvalue weighted by Gasteiger charge is -2.29. The predicted molar refractivity (Wildman–Crippen MR) is 136 cm³/mol. The standard InChI is InChI=1S/C28H29N3O4/c1-4-23(30(2)26(32)19-35-18-20-12-6-5-7-13-20)27-29-22-15-9-8-14-21(22)28(33)31(27)24-16-10-11-17-25(24)34-3/h5-17,23H,4,18-19H2,1-3H3. The normalized spacial score (nSPS) is 11.9. The van der Waals surface area contributed by atoms with Crippen molar-refractivity contribution in [1.82, 2.24) is 14.5 Å². The molecule has 0 bridgehead atoms. The number of hydrogen-bond acceptors (Lipinski definition) is 5. The van der Waals surface area contributed by atoms with Gasteiger partial charge in [0.05, 0.1) is 36.3 Å². The Kier molecular flexibility index (Phi) is 7.57. The van der Waals surface area contributed by atoms with Crippen molar-refractivity contribution < 1.29 is 14.3 Å². The van der Waals surface area contributed by atoms with Crippen LogP contribution in [0, 0.1) is 0 Å². The van der Waals surface area contributed by atoms with Crippen molar-refractivity contribution in [2.24, 2.45) is 0 Å². The number of para-hydroxylation sites is 3. The van der Waals surface area contributed by atoms with Crippen LogP contribution in [0.4, 0.5) is 0 Å². The predicted octanol–water partition coefficient (Wildman–Crippen LogP) is 4.52. The monoisotopic (exact) mass is 471 g/mol. The highest BCUT2D eigenvalue weighted by atomic mass is 16.5. The van der Waals surface area contributed by atoms with Crippen LogP contribution in [0.15, 0.2) is 83.7 Å². The van der Waals surface area contributed by atoms with E-state index in [0.717, 1.165) is 5.56 Å². The van der Waals surface area contributed by atoms with E-state index in [0.29, 0.717) is 41.2 Å². The zero-order chi connectivity index (χ0) is 24.8. The SMILES string of the molecule is CCC(c1nc2ccccc2c(=O)n1-c1ccccc1OC)N(C)C(=O)COCc1ccccc1. The Labute approximate surface area is 204 Å². The largest absolute Gasteiger partial charge is 0.495 e. The molecule has 0 aliphatic carbocycles. The average molecular weight is 472 g/mol. The number of nitrogens with zero attached hydrogens (tertiary/aromatic N) is 3. The minimum absolute atomic E-state index is 0.0750. The number of amides is 1. The first-order valence-corrected chi connectivity index (χ1v) is 11.6. The second-order valence-electron chi connectivity index (χ2n) is 8.21. The first kappa shape index (κ1) is 24.2. The number of benzene rings is 3. The molecule has 0 saturated heterocycles. The summed E-state index contributed by atoms with van der Waals surface area (Å²) in [6.07, 6.45) is 0.556. The number of aromatic nitrogens is 2. The van der Waals surface area contributed by atoms with Crippen molar-refractivity contribution in [2.75, 3.05) is 20.8 Å². The number of carbonyl (C=O) groups is 1. The number of likely N-dealkylation sites (N-methyl/N-ethyl adjacent to an activating group) is 1. The fourth-order valence-electron chi connectivity index (χ4n) is 4.16. The van der Waals surface area contributed by atoms with Crippen LogP contribution in [0.2, 0.25) is 0 Å². The zero-order valence-electron chi connectivity index (χ0n) is 20.2. The van der Waals surface area contributed by atoms with E-state index in [-0.39, 0.29) is 18.1 Å². The number of methoxy groups -OCH3 is 1. The van der Waals surface area contributed by atoms with Gasteiger partial charge in [-0.1, -0.05) is 61.5 Å². The first-order chi connectivity index (χ1) is 17.0. The molecular weight excluding hydrogens is 442 g/mol. The Morgan fingerprint density at radius 2 is 1.69 bits per heavy atom. The van der Waals surface area contributed by atoms with Crippen LogP contribution in [0.1, 0.15) is 30.8 Å². The third-order valence-corrected chi connectivity index (χ3v) is 6.01. The molecule has 1 atom stereocenters. The van der Waals surface area contributed by atoms with Gasteiger partial charge in [-0.3, -0.25) is 14.2 Å². The molecule has 4 rings (SSSR count). The molecule has 7 heteroatoms. The minimum Gasteiger partial charge on any atom is -0.495 e. The molecular formula is C28H29N3O4. The van der Waals surface area contributed by atoms with E-state index in [1.165, 1.54) is 0 Å². The van der Waals surface area contributed by atoms with Crippen molar-refractivity contribution in [2.45, 2.75) is 26.0 Å². The highest BCUT2D eigenvalue weighted by Crippen LogP contribution is 2.28. The lowest BCUT2D eigenvalue weighted by Crippen LogP contribution is -2.37. The molecule has 0 fully saturated rings. The van der Waals surface area contributed by atoms with Gasteiger partial charge in [0.25, 0.3) is 5.56 Å². The van der Waals surface area contributed by atoms with Crippen LogP contribution in [0.25, 0.3) is 16.6 Å². The second kappa shape index (κ2) is 11.0. The molecule has 180 valence electrons. The molecule has 0 saturated carbocycles. The summed E-state index contributed by atoms with van der Waals surface area (Å²) in [5.74, 6) is 0.823. The Bertz CT molecular complexity index is 1370. The molecule has 0 radical (unpaired) electrons. The lowest BCUT2D eigenvalue weighted by molar-refractivity contribution is -0.137. The smallest absolute Gasteiger partial charge is 0.266 e. The highest BCUT2D eigenvalue weighted by Gasteiger charge is 2.27. The van der Waals surface area contributed by atoms with Gasteiger partial charge in [0.1, 0.15) is 18.2 Å². The van der Waals surface area contributed by atoms with Crippen LogP contribution in [-0.4, -0.2) is 41.1 Å². The van der Waals surface area contributed by atoms with Gasteiger partial charge in [-0.05, 0) is 36.2 Å². The van der Waals surface area contributed by atoms with E-state index < -0.39 is 6.04 Å². The number of fused-ring (bicyclic) bond motifs is 1. The van der Waals surface area contributed by atoms with Crippen LogP contribution in [0.3, 0.4) is 0 Å². The molecule has 3 aromatic carbocycles. The maximum atomic E-state index is 13.7. The van der Waals surface area contributed by atoms with Crippen LogP contribution in [-0.2, 0) is 16.1 Å². The molecule has 0 aliphatic heterocycles. The van der Waals surface area contributed by atoms with Crippen molar-refractivity contribution >= 4 is 16.8 Å². The van der Waals surface area contributed by atoms with Crippen molar-refractivity contribution in [1.29, 1.82) is 0 Å². The fraction of sp³-hybridized carbons (Fsp3) is 0.250. The number of carbonyl (C=O) groups excluding carboxylic acids is 1. The summed E-state index contributed by atoms with van der Waals surface area (Å²) in [5.41, 5.74) is 1.94. The second-order valence-corrected chi connectivity index (χ2v) is 8.21. The van der Waals surface area contributed by atoms with Crippen molar-refractivity contribution in [3.05, 3.63) is 101 Å². The van der Waals surface area contributed by atoms with Crippen molar-refractivity contribution in [3.63, 3.8) is 0 Å². The van der Waals surface area contributed by atoms with Gasteiger partial charge >= 0.3 is 0 Å². The maximum absolute atomic E-state index is 13.7. The number of ether oxygens (including phenoxy) is 2. The number of hydrogen-bond donors (Lipinski definition) is 0. The van der Waals surface area contributed by atoms with Crippen molar-refractivity contribution in [3.8, 4) is 11.4 Å². The third-order valence-electron chi connectivity index (χ3n) is 6.01. The Hall–Kier alpha value is -3.97. The van der Waals surface area contributed by atoms with Gasteiger partial charge in [0.15, 0.2) is 0 Å². The summed E-state index contributed by atoms with van der Waals surface area (Å²) in [5, 5.41) is 0.497. The fourth-order valence-corrected chi connectivity index (χ4v) is 4.16. The zero-order valence-corrected chi connectivity index (χ0v) is 20.2. The summed E-state index contributed by atoms with van der Waals surface area (Å²) in [4.78, 5) is 33.3. The Morgan fingerprint density at radius 1 is 1.00 bits per heavy atom. The highest BCUT2D eigenvalue weighted by molar-refractivity contribution is 5.79. The van der Waals surface area contributed by atoms with Gasteiger partial charge in [-0.2, -0.15) is 0 Å². The van der Waals surface area contributed by atoms with Crippen LogP contribution >= 0.6 is 0 Å². The molecule has 1 amide bonds. The summed E-state index contributed by atoms with van der Waals surface area (Å²) in [7, 11) is 3.28. The molecule has 1 heterocycles. The third kappa shape index (κ3) is 5.10.